The number of primary amides is 1. The number of hydrogen-bond donors (Lipinski definition) is 2. The molecular formula is C6H10N2O4. The lowest BCUT2D eigenvalue weighted by Crippen LogP contribution is -2.39. The lowest BCUT2D eigenvalue weighted by atomic mass is 10.3. The maximum atomic E-state index is 10.8. The van der Waals surface area contributed by atoms with Crippen molar-refractivity contribution in [1.82, 2.24) is 5.32 Å². The van der Waals surface area contributed by atoms with Gasteiger partial charge in [0.1, 0.15) is 6.04 Å². The van der Waals surface area contributed by atoms with Crippen molar-refractivity contribution in [1.29, 1.82) is 0 Å². The topological polar surface area (TPSA) is 98.5 Å². The molecule has 0 rings (SSSR count). The number of nitrogens with one attached hydrogen (secondary N) is 1. The predicted molar refractivity (Wildman–Crippen MR) is 39.0 cm³/mol. The van der Waals surface area contributed by atoms with E-state index in [4.69, 9.17) is 0 Å². The summed E-state index contributed by atoms with van der Waals surface area (Å²) >= 11 is 0. The van der Waals surface area contributed by atoms with E-state index in [9.17, 15) is 14.4 Å². The fraction of sp³-hybridized carbons (Fsp3) is 0.500. The van der Waals surface area contributed by atoms with Gasteiger partial charge in [-0.3, -0.25) is 4.79 Å². The number of esters is 1. The van der Waals surface area contributed by atoms with Crippen molar-refractivity contribution >= 4 is 18.0 Å². The molecule has 12 heavy (non-hydrogen) atoms. The largest absolute Gasteiger partial charge is 0.412 e. The first-order chi connectivity index (χ1) is 5.43. The number of rotatable bonds is 2. The summed E-state index contributed by atoms with van der Waals surface area (Å²) < 4.78 is 4.00. The van der Waals surface area contributed by atoms with E-state index in [-0.39, 0.29) is 5.91 Å². The van der Waals surface area contributed by atoms with Gasteiger partial charge in [-0.15, -0.1) is 0 Å². The van der Waals surface area contributed by atoms with Crippen molar-refractivity contribution in [2.45, 2.75) is 19.9 Å². The Kier molecular flexibility index (Phi) is 3.75. The number of carbonyl (C=O) groups excluding carboxylic acids is 3. The highest BCUT2D eigenvalue weighted by Gasteiger charge is 2.16. The van der Waals surface area contributed by atoms with Gasteiger partial charge in [-0.2, -0.15) is 0 Å². The number of nitrogens with two attached hydrogens (primary N) is 1. The molecule has 0 radical (unpaired) electrons. The van der Waals surface area contributed by atoms with Gasteiger partial charge in [-0.25, -0.2) is 9.59 Å². The molecule has 0 aliphatic heterocycles. The molecule has 6 heteroatoms. The Hall–Kier alpha value is -1.59. The van der Waals surface area contributed by atoms with Crippen LogP contribution in [0.2, 0.25) is 0 Å². The molecule has 0 fully saturated rings. The lowest BCUT2D eigenvalue weighted by molar-refractivity contribution is -0.141. The molecule has 0 aromatic carbocycles. The van der Waals surface area contributed by atoms with Gasteiger partial charge in [0.25, 0.3) is 0 Å². The van der Waals surface area contributed by atoms with E-state index >= 15 is 0 Å². The van der Waals surface area contributed by atoms with Crippen LogP contribution in [0.4, 0.5) is 4.79 Å². The SMILES string of the molecule is CC(=O)N[C@@H](C)C(=O)OC(N)=O. The zero-order valence-electron chi connectivity index (χ0n) is 6.79. The van der Waals surface area contributed by atoms with Crippen LogP contribution in [0.1, 0.15) is 13.8 Å². The minimum atomic E-state index is -1.18. The summed E-state index contributed by atoms with van der Waals surface area (Å²) in [5, 5.41) is 2.23. The Bertz CT molecular complexity index is 214. The van der Waals surface area contributed by atoms with Crippen LogP contribution < -0.4 is 11.1 Å². The second-order valence-electron chi connectivity index (χ2n) is 2.16. The van der Waals surface area contributed by atoms with Crippen molar-refractivity contribution in [3.05, 3.63) is 0 Å². The van der Waals surface area contributed by atoms with Crippen LogP contribution in [0.5, 0.6) is 0 Å². The summed E-state index contributed by atoms with van der Waals surface area (Å²) in [5.74, 6) is -1.26. The van der Waals surface area contributed by atoms with Crippen molar-refractivity contribution in [2.75, 3.05) is 0 Å². The quantitative estimate of drug-likeness (QED) is 0.420. The standard InChI is InChI=1S/C6H10N2O4/c1-3(8-4(2)9)5(10)12-6(7)11/h3H,1-2H3,(H2,7,11)(H,8,9)/t3-/m0/s1. The third kappa shape index (κ3) is 4.26. The molecule has 2 amide bonds. The highest BCUT2D eigenvalue weighted by atomic mass is 16.6. The molecule has 0 saturated heterocycles. The van der Waals surface area contributed by atoms with Gasteiger partial charge in [0.05, 0.1) is 0 Å². The monoisotopic (exact) mass is 174 g/mol. The normalized spacial score (nSPS) is 11.5. The maximum Gasteiger partial charge on any atom is 0.412 e. The molecule has 68 valence electrons. The summed E-state index contributed by atoms with van der Waals surface area (Å²) in [6.07, 6.45) is -1.18. The van der Waals surface area contributed by atoms with Gasteiger partial charge in [0.15, 0.2) is 0 Å². The van der Waals surface area contributed by atoms with E-state index < -0.39 is 18.1 Å². The van der Waals surface area contributed by atoms with E-state index in [1.54, 1.807) is 0 Å². The Balaban J connectivity index is 3.93. The van der Waals surface area contributed by atoms with Gasteiger partial charge < -0.3 is 15.8 Å². The molecule has 6 nitrogen and oxygen atoms in total. The molecule has 0 aromatic rings. The Labute approximate surface area is 69.1 Å². The average molecular weight is 174 g/mol. The second-order valence-corrected chi connectivity index (χ2v) is 2.16. The van der Waals surface area contributed by atoms with Gasteiger partial charge >= 0.3 is 12.1 Å². The number of carbonyl (C=O) groups is 3. The predicted octanol–water partition coefficient (Wildman–Crippen LogP) is -0.867. The third-order valence-corrected chi connectivity index (χ3v) is 0.975. The van der Waals surface area contributed by atoms with Gasteiger partial charge in [-0.05, 0) is 6.92 Å². The summed E-state index contributed by atoms with van der Waals surface area (Å²) in [6, 6.07) is -0.866. The van der Waals surface area contributed by atoms with Gasteiger partial charge in [-0.1, -0.05) is 0 Å². The van der Waals surface area contributed by atoms with Crippen molar-refractivity contribution < 1.29 is 19.1 Å². The molecule has 0 aliphatic carbocycles. The number of ether oxygens (including phenoxy) is 1. The Morgan fingerprint density at radius 3 is 2.25 bits per heavy atom. The zero-order chi connectivity index (χ0) is 9.72. The summed E-state index contributed by atoms with van der Waals surface area (Å²) in [6.45, 7) is 2.63. The molecule has 0 heterocycles. The molecule has 1 atom stereocenters. The minimum Gasteiger partial charge on any atom is -0.375 e. The smallest absolute Gasteiger partial charge is 0.375 e. The van der Waals surface area contributed by atoms with Crippen LogP contribution in [0.15, 0.2) is 0 Å². The molecule has 0 saturated carbocycles. The first kappa shape index (κ1) is 10.4. The van der Waals surface area contributed by atoms with E-state index in [2.05, 4.69) is 15.8 Å². The summed E-state index contributed by atoms with van der Waals surface area (Å²) in [4.78, 5) is 31.2. The number of hydrogen-bond acceptors (Lipinski definition) is 4. The molecule has 3 N–H and O–H groups in total. The summed E-state index contributed by atoms with van der Waals surface area (Å²) in [7, 11) is 0. The molecule has 0 aromatic heterocycles. The van der Waals surface area contributed by atoms with Crippen LogP contribution in [0.25, 0.3) is 0 Å². The maximum absolute atomic E-state index is 10.8. The Morgan fingerprint density at radius 2 is 1.92 bits per heavy atom. The molecular weight excluding hydrogens is 164 g/mol. The van der Waals surface area contributed by atoms with Crippen LogP contribution in [0.3, 0.4) is 0 Å². The van der Waals surface area contributed by atoms with Crippen LogP contribution in [-0.2, 0) is 14.3 Å². The molecule has 0 bridgehead atoms. The molecule has 0 spiro atoms. The molecule has 0 aliphatic rings. The van der Waals surface area contributed by atoms with Crippen LogP contribution >= 0.6 is 0 Å². The van der Waals surface area contributed by atoms with E-state index in [1.165, 1.54) is 13.8 Å². The first-order valence-corrected chi connectivity index (χ1v) is 3.21. The fourth-order valence-corrected chi connectivity index (χ4v) is 0.551. The first-order valence-electron chi connectivity index (χ1n) is 3.21. The second kappa shape index (κ2) is 4.32. The van der Waals surface area contributed by atoms with Crippen LogP contribution in [0, 0.1) is 0 Å². The van der Waals surface area contributed by atoms with Crippen LogP contribution in [-0.4, -0.2) is 24.0 Å². The average Bonchev–Trinajstić information content (AvgIpc) is 1.84. The van der Waals surface area contributed by atoms with E-state index in [1.807, 2.05) is 0 Å². The fourth-order valence-electron chi connectivity index (χ4n) is 0.551. The van der Waals surface area contributed by atoms with Crippen molar-refractivity contribution in [3.8, 4) is 0 Å². The minimum absolute atomic E-state index is 0.385. The lowest BCUT2D eigenvalue weighted by Gasteiger charge is -2.08. The Morgan fingerprint density at radius 1 is 1.42 bits per heavy atom. The number of amides is 2. The zero-order valence-corrected chi connectivity index (χ0v) is 6.79. The van der Waals surface area contributed by atoms with E-state index in [0.29, 0.717) is 0 Å². The highest BCUT2D eigenvalue weighted by molar-refractivity contribution is 5.89. The van der Waals surface area contributed by atoms with Crippen molar-refractivity contribution in [3.63, 3.8) is 0 Å². The molecule has 0 unspecified atom stereocenters. The third-order valence-electron chi connectivity index (χ3n) is 0.975. The van der Waals surface area contributed by atoms with Crippen molar-refractivity contribution in [2.24, 2.45) is 5.73 Å². The highest BCUT2D eigenvalue weighted by Crippen LogP contribution is 1.87. The van der Waals surface area contributed by atoms with Gasteiger partial charge in [0.2, 0.25) is 5.91 Å². The summed E-state index contributed by atoms with van der Waals surface area (Å²) in [5.41, 5.74) is 4.57. The van der Waals surface area contributed by atoms with Gasteiger partial charge in [0, 0.05) is 6.92 Å². The van der Waals surface area contributed by atoms with E-state index in [0.717, 1.165) is 0 Å².